The van der Waals surface area contributed by atoms with Gasteiger partial charge in [-0.05, 0) is 74.5 Å². The number of nitrogens with zero attached hydrogens (tertiary/aromatic N) is 1. The maximum Gasteiger partial charge on any atom is 0.251 e. The highest BCUT2D eigenvalue weighted by Crippen LogP contribution is 2.27. The number of likely N-dealkylation sites (tertiary alicyclic amines) is 1. The Morgan fingerprint density at radius 3 is 2.70 bits per heavy atom. The van der Waals surface area contributed by atoms with Crippen LogP contribution in [-0.2, 0) is 0 Å². The van der Waals surface area contributed by atoms with Gasteiger partial charge >= 0.3 is 0 Å². The van der Waals surface area contributed by atoms with E-state index in [-0.39, 0.29) is 11.9 Å². The summed E-state index contributed by atoms with van der Waals surface area (Å²) in [7, 11) is 1.69. The zero-order chi connectivity index (χ0) is 19.2. The van der Waals surface area contributed by atoms with Crippen molar-refractivity contribution in [3.05, 3.63) is 59.2 Å². The Morgan fingerprint density at radius 1 is 1.22 bits per heavy atom. The first kappa shape index (κ1) is 19.8. The summed E-state index contributed by atoms with van der Waals surface area (Å²) in [6, 6.07) is 14.4. The van der Waals surface area contributed by atoms with Crippen LogP contribution in [0, 0.1) is 6.92 Å². The maximum absolute atomic E-state index is 12.8. The first-order chi connectivity index (χ1) is 13.1. The molecule has 1 aliphatic heterocycles. The van der Waals surface area contributed by atoms with Gasteiger partial charge < -0.3 is 10.1 Å². The number of carbonyl (C=O) groups is 1. The van der Waals surface area contributed by atoms with Crippen LogP contribution >= 0.6 is 11.8 Å². The zero-order valence-electron chi connectivity index (χ0n) is 16.3. The summed E-state index contributed by atoms with van der Waals surface area (Å²) in [5.41, 5.74) is 2.95. The highest BCUT2D eigenvalue weighted by Gasteiger charge is 2.24. The largest absolute Gasteiger partial charge is 0.497 e. The molecule has 1 unspecified atom stereocenters. The first-order valence-electron chi connectivity index (χ1n) is 9.43. The minimum absolute atomic E-state index is 0.00417. The van der Waals surface area contributed by atoms with Crippen molar-refractivity contribution < 1.29 is 9.53 Å². The molecule has 0 spiro atoms. The van der Waals surface area contributed by atoms with Gasteiger partial charge in [-0.2, -0.15) is 0 Å². The van der Waals surface area contributed by atoms with Gasteiger partial charge in [-0.1, -0.05) is 18.2 Å². The molecule has 2 aromatic carbocycles. The van der Waals surface area contributed by atoms with Crippen LogP contribution in [0.1, 0.15) is 40.4 Å². The van der Waals surface area contributed by atoms with Crippen molar-refractivity contribution in [1.29, 1.82) is 0 Å². The molecule has 0 aromatic heterocycles. The van der Waals surface area contributed by atoms with Crippen molar-refractivity contribution in [3.8, 4) is 5.75 Å². The molecule has 2 aromatic rings. The number of hydrogen-bond acceptors (Lipinski definition) is 4. The second-order valence-electron chi connectivity index (χ2n) is 6.93. The fraction of sp³-hybridized carbons (Fsp3) is 0.409. The predicted octanol–water partition coefficient (Wildman–Crippen LogP) is 4.29. The zero-order valence-corrected chi connectivity index (χ0v) is 17.1. The number of aryl methyl sites for hydroxylation is 1. The monoisotopic (exact) mass is 384 g/mol. The number of thioether (sulfide) groups is 1. The molecule has 0 bridgehead atoms. The Hall–Kier alpha value is -1.98. The Morgan fingerprint density at radius 2 is 2.00 bits per heavy atom. The molecule has 5 heteroatoms. The van der Waals surface area contributed by atoms with E-state index in [1.54, 1.807) is 18.9 Å². The average Bonchev–Trinajstić information content (AvgIpc) is 3.23. The topological polar surface area (TPSA) is 41.6 Å². The van der Waals surface area contributed by atoms with E-state index in [0.29, 0.717) is 6.54 Å². The lowest BCUT2D eigenvalue weighted by Gasteiger charge is -2.28. The summed E-state index contributed by atoms with van der Waals surface area (Å²) in [5, 5.41) is 3.17. The van der Waals surface area contributed by atoms with E-state index in [2.05, 4.69) is 28.4 Å². The molecule has 1 saturated heterocycles. The lowest BCUT2D eigenvalue weighted by atomic mass is 10.0. The van der Waals surface area contributed by atoms with Crippen LogP contribution in [0.4, 0.5) is 0 Å². The molecule has 0 radical (unpaired) electrons. The van der Waals surface area contributed by atoms with E-state index in [0.717, 1.165) is 34.9 Å². The van der Waals surface area contributed by atoms with Gasteiger partial charge in [0.15, 0.2) is 0 Å². The molecule has 1 amide bonds. The third-order valence-corrected chi connectivity index (χ3v) is 5.93. The number of hydrogen-bond donors (Lipinski definition) is 1. The van der Waals surface area contributed by atoms with Crippen LogP contribution in [0.5, 0.6) is 5.75 Å². The van der Waals surface area contributed by atoms with Crippen LogP contribution in [0.2, 0.25) is 0 Å². The van der Waals surface area contributed by atoms with Crippen LogP contribution in [0.15, 0.2) is 47.4 Å². The Labute approximate surface area is 166 Å². The average molecular weight is 385 g/mol. The van der Waals surface area contributed by atoms with Crippen LogP contribution < -0.4 is 10.1 Å². The van der Waals surface area contributed by atoms with Crippen LogP contribution in [0.3, 0.4) is 0 Å². The summed E-state index contributed by atoms with van der Waals surface area (Å²) in [4.78, 5) is 16.4. The van der Waals surface area contributed by atoms with Gasteiger partial charge in [0.05, 0.1) is 13.2 Å². The summed E-state index contributed by atoms with van der Waals surface area (Å²) < 4.78 is 5.40. The molecule has 1 fully saturated rings. The molecule has 1 aliphatic rings. The molecular weight excluding hydrogens is 356 g/mol. The van der Waals surface area contributed by atoms with Gasteiger partial charge in [-0.25, -0.2) is 0 Å². The predicted molar refractivity (Wildman–Crippen MR) is 112 cm³/mol. The van der Waals surface area contributed by atoms with E-state index >= 15 is 0 Å². The number of amides is 1. The van der Waals surface area contributed by atoms with Crippen molar-refractivity contribution in [2.75, 3.05) is 33.0 Å². The van der Waals surface area contributed by atoms with Gasteiger partial charge in [0, 0.05) is 17.0 Å². The fourth-order valence-corrected chi connectivity index (χ4v) is 4.06. The first-order valence-corrected chi connectivity index (χ1v) is 10.7. The van der Waals surface area contributed by atoms with Gasteiger partial charge in [-0.15, -0.1) is 11.8 Å². The molecule has 1 heterocycles. The standard InChI is InChI=1S/C22H28N2O2S/c1-16-9-10-19(27-3)14-20(16)22(25)23-15-21(24-11-4-5-12-24)17-7-6-8-18(13-17)26-2/h6-10,13-14,21H,4-5,11-12,15H2,1-3H3,(H,23,25). The van der Waals surface area contributed by atoms with Crippen LogP contribution in [0.25, 0.3) is 0 Å². The second-order valence-corrected chi connectivity index (χ2v) is 7.81. The van der Waals surface area contributed by atoms with Crippen molar-refractivity contribution in [1.82, 2.24) is 10.2 Å². The number of ether oxygens (including phenoxy) is 1. The smallest absolute Gasteiger partial charge is 0.251 e. The van der Waals surface area contributed by atoms with Crippen molar-refractivity contribution in [3.63, 3.8) is 0 Å². The summed E-state index contributed by atoms with van der Waals surface area (Å²) >= 11 is 1.65. The van der Waals surface area contributed by atoms with E-state index in [1.165, 1.54) is 18.4 Å². The third-order valence-electron chi connectivity index (χ3n) is 5.21. The molecule has 27 heavy (non-hydrogen) atoms. The Bertz CT molecular complexity index is 788. The van der Waals surface area contributed by atoms with E-state index in [1.807, 2.05) is 37.4 Å². The molecule has 144 valence electrons. The van der Waals surface area contributed by atoms with Gasteiger partial charge in [0.1, 0.15) is 5.75 Å². The van der Waals surface area contributed by atoms with Gasteiger partial charge in [0.2, 0.25) is 0 Å². The number of benzene rings is 2. The van der Waals surface area contributed by atoms with E-state index < -0.39 is 0 Å². The normalized spacial score (nSPS) is 15.5. The van der Waals surface area contributed by atoms with Crippen molar-refractivity contribution in [2.24, 2.45) is 0 Å². The molecule has 1 N–H and O–H groups in total. The molecule has 3 rings (SSSR count). The molecular formula is C22H28N2O2S. The Balaban J connectivity index is 1.77. The highest BCUT2D eigenvalue weighted by molar-refractivity contribution is 7.98. The van der Waals surface area contributed by atoms with E-state index in [9.17, 15) is 4.79 Å². The number of nitrogens with one attached hydrogen (secondary N) is 1. The molecule has 4 nitrogen and oxygen atoms in total. The lowest BCUT2D eigenvalue weighted by molar-refractivity contribution is 0.0937. The van der Waals surface area contributed by atoms with Gasteiger partial charge in [0.25, 0.3) is 5.91 Å². The maximum atomic E-state index is 12.8. The minimum atomic E-state index is -0.00417. The SMILES string of the molecule is COc1cccc(C(CNC(=O)c2cc(SC)ccc2C)N2CCCC2)c1. The quantitative estimate of drug-likeness (QED) is 0.723. The molecule has 0 saturated carbocycles. The van der Waals surface area contributed by atoms with Crippen molar-refractivity contribution >= 4 is 17.7 Å². The summed E-state index contributed by atoms with van der Waals surface area (Å²) in [6.07, 6.45) is 4.45. The lowest BCUT2D eigenvalue weighted by Crippen LogP contribution is -2.37. The highest BCUT2D eigenvalue weighted by atomic mass is 32.2. The van der Waals surface area contributed by atoms with Gasteiger partial charge in [-0.3, -0.25) is 9.69 Å². The summed E-state index contributed by atoms with van der Waals surface area (Å²) in [6.45, 7) is 4.71. The summed E-state index contributed by atoms with van der Waals surface area (Å²) in [5.74, 6) is 0.849. The van der Waals surface area contributed by atoms with E-state index in [4.69, 9.17) is 4.74 Å². The van der Waals surface area contributed by atoms with Crippen LogP contribution in [-0.4, -0.2) is 43.8 Å². The number of carbonyl (C=O) groups excluding carboxylic acids is 1. The molecule has 0 aliphatic carbocycles. The third kappa shape index (κ3) is 4.85. The number of rotatable bonds is 7. The Kier molecular flexibility index (Phi) is 6.80. The number of methoxy groups -OCH3 is 1. The van der Waals surface area contributed by atoms with Crippen molar-refractivity contribution in [2.45, 2.75) is 30.7 Å². The molecule has 1 atom stereocenters. The fourth-order valence-electron chi connectivity index (χ4n) is 3.62. The minimum Gasteiger partial charge on any atom is -0.497 e. The second kappa shape index (κ2) is 9.29.